The Morgan fingerprint density at radius 3 is 1.88 bits per heavy atom. The molecule has 0 aromatic carbocycles. The molecule has 0 fully saturated rings. The van der Waals surface area contributed by atoms with Crippen molar-refractivity contribution in [3.05, 3.63) is 0 Å². The van der Waals surface area contributed by atoms with Crippen LogP contribution in [-0.4, -0.2) is 57.2 Å². The monoisotopic (exact) mass is 308 g/mol. The fourth-order valence-corrected chi connectivity index (χ4v) is 1.90. The van der Waals surface area contributed by atoms with Gasteiger partial charge in [0.05, 0.1) is 27.2 Å². The normalized spacial score (nSPS) is 11.6. The van der Waals surface area contributed by atoms with Crippen LogP contribution in [0.1, 0.15) is 45.4 Å². The molecule has 0 unspecified atom stereocenters. The van der Waals surface area contributed by atoms with Crippen LogP contribution in [0.15, 0.2) is 0 Å². The van der Waals surface area contributed by atoms with Crippen LogP contribution in [0, 0.1) is 0 Å². The molecule has 0 bridgehead atoms. The summed E-state index contributed by atoms with van der Waals surface area (Å²) in [7, 11) is 9.03. The lowest BCUT2D eigenvalue weighted by Gasteiger charge is -2.31. The summed E-state index contributed by atoms with van der Waals surface area (Å²) in [6.07, 6.45) is 8.44. The van der Waals surface area contributed by atoms with Gasteiger partial charge in [-0.05, 0) is 26.9 Å². The Bertz CT molecular complexity index is 158. The Morgan fingerprint density at radius 2 is 1.35 bits per heavy atom. The van der Waals surface area contributed by atoms with Crippen LogP contribution in [0.3, 0.4) is 0 Å². The summed E-state index contributed by atoms with van der Waals surface area (Å²) in [5.41, 5.74) is 0. The molecule has 0 aliphatic carbocycles. The van der Waals surface area contributed by atoms with Crippen molar-refractivity contribution in [2.24, 2.45) is 0 Å². The molecule has 0 heterocycles. The van der Waals surface area contributed by atoms with E-state index in [0.29, 0.717) is 0 Å². The predicted octanol–water partition coefficient (Wildman–Crippen LogP) is -0.0111. The maximum absolute atomic E-state index is 2.36. The number of hydrogen-bond acceptors (Lipinski definition) is 1. The Hall–Kier alpha value is 0.400. The average Bonchev–Trinajstić information content (AvgIpc) is 2.21. The quantitative estimate of drug-likeness (QED) is 0.405. The third-order valence-electron chi connectivity index (χ3n) is 3.27. The first-order valence-electron chi connectivity index (χ1n) is 6.94. The molecule has 0 N–H and O–H groups in total. The van der Waals surface area contributed by atoms with E-state index < -0.39 is 0 Å². The van der Waals surface area contributed by atoms with Crippen LogP contribution in [0.4, 0.5) is 0 Å². The number of rotatable bonds is 10. The largest absolute Gasteiger partial charge is 1.00 e. The highest BCUT2D eigenvalue weighted by Gasteiger charge is 2.13. The topological polar surface area (TPSA) is 3.24 Å². The fraction of sp³-hybridized carbons (Fsp3) is 1.00. The van der Waals surface area contributed by atoms with Crippen molar-refractivity contribution in [1.82, 2.24) is 4.90 Å². The molecule has 0 aliphatic rings. The molecule has 0 aromatic rings. The molecule has 0 amide bonds. The minimum Gasteiger partial charge on any atom is -1.00 e. The van der Waals surface area contributed by atoms with Gasteiger partial charge in [0, 0.05) is 6.54 Å². The average molecular weight is 309 g/mol. The van der Waals surface area contributed by atoms with Crippen molar-refractivity contribution in [3.63, 3.8) is 0 Å². The molecule has 17 heavy (non-hydrogen) atoms. The highest BCUT2D eigenvalue weighted by molar-refractivity contribution is 4.46. The predicted molar refractivity (Wildman–Crippen MR) is 73.8 cm³/mol. The summed E-state index contributed by atoms with van der Waals surface area (Å²) >= 11 is 0. The van der Waals surface area contributed by atoms with Gasteiger partial charge in [0.1, 0.15) is 0 Å². The number of halogens is 1. The van der Waals surface area contributed by atoms with Crippen LogP contribution in [0.2, 0.25) is 0 Å². The van der Waals surface area contributed by atoms with Crippen molar-refractivity contribution < 1.29 is 21.5 Å². The van der Waals surface area contributed by atoms with Crippen molar-refractivity contribution in [3.8, 4) is 0 Å². The van der Waals surface area contributed by atoms with E-state index in [0.717, 1.165) is 0 Å². The smallest absolute Gasteiger partial charge is 0.0911 e. The lowest BCUT2D eigenvalue weighted by Crippen LogP contribution is -3.00. The molecule has 0 spiro atoms. The molecule has 0 saturated carbocycles. The van der Waals surface area contributed by atoms with E-state index in [2.05, 4.69) is 40.0 Å². The van der Waals surface area contributed by atoms with Crippen LogP contribution in [0.25, 0.3) is 0 Å². The Balaban J connectivity index is 0. The number of hydrogen-bond donors (Lipinski definition) is 0. The first kappa shape index (κ1) is 19.7. The maximum atomic E-state index is 2.36. The van der Waals surface area contributed by atoms with Crippen molar-refractivity contribution in [2.75, 3.05) is 47.8 Å². The van der Waals surface area contributed by atoms with Gasteiger partial charge >= 0.3 is 0 Å². The molecule has 3 heteroatoms. The summed E-state index contributed by atoms with van der Waals surface area (Å²) in [5, 5.41) is 0. The molecule has 0 rings (SSSR count). The third kappa shape index (κ3) is 14.3. The molecular weight excluding hydrogens is 276 g/mol. The summed E-state index contributed by atoms with van der Waals surface area (Å²) in [5.74, 6) is 0. The van der Waals surface area contributed by atoms with Crippen LogP contribution < -0.4 is 17.0 Å². The third-order valence-corrected chi connectivity index (χ3v) is 3.27. The van der Waals surface area contributed by atoms with E-state index in [9.17, 15) is 0 Å². The van der Waals surface area contributed by atoms with E-state index in [1.807, 2.05) is 0 Å². The minimum atomic E-state index is 0. The highest BCUT2D eigenvalue weighted by atomic mass is 79.9. The number of quaternary nitrogens is 1. The van der Waals surface area contributed by atoms with Crippen LogP contribution in [-0.2, 0) is 0 Å². The molecule has 0 saturated heterocycles. The molecule has 2 nitrogen and oxygen atoms in total. The summed E-state index contributed by atoms with van der Waals surface area (Å²) in [6, 6.07) is 0. The first-order chi connectivity index (χ1) is 7.48. The van der Waals surface area contributed by atoms with E-state index in [1.165, 1.54) is 62.6 Å². The van der Waals surface area contributed by atoms with Gasteiger partial charge in [0.25, 0.3) is 0 Å². The maximum Gasteiger partial charge on any atom is 0.0911 e. The lowest BCUT2D eigenvalue weighted by molar-refractivity contribution is -0.890. The van der Waals surface area contributed by atoms with E-state index in [4.69, 9.17) is 0 Å². The summed E-state index contributed by atoms with van der Waals surface area (Å²) < 4.78 is 1.17. The second-order valence-corrected chi connectivity index (χ2v) is 5.95. The molecular formula is C14H33BrN2. The summed E-state index contributed by atoms with van der Waals surface area (Å²) in [6.45, 7) is 6.08. The van der Waals surface area contributed by atoms with Gasteiger partial charge in [0.2, 0.25) is 0 Å². The van der Waals surface area contributed by atoms with Gasteiger partial charge in [-0.3, -0.25) is 0 Å². The Kier molecular flexibility index (Phi) is 13.3. The van der Waals surface area contributed by atoms with Crippen molar-refractivity contribution >= 4 is 0 Å². The molecule has 106 valence electrons. The fourth-order valence-electron chi connectivity index (χ4n) is 1.90. The highest BCUT2D eigenvalue weighted by Crippen LogP contribution is 2.08. The molecule has 0 aromatic heterocycles. The standard InChI is InChI=1S/C14H33N2.BrH/c1-6-7-8-9-10-11-13-16(4,5)14-12-15(2)3;/h6-14H2,1-5H3;1H/q+1;/p-1. The van der Waals surface area contributed by atoms with Crippen molar-refractivity contribution in [2.45, 2.75) is 45.4 Å². The second kappa shape index (κ2) is 11.5. The first-order valence-corrected chi connectivity index (χ1v) is 6.94. The van der Waals surface area contributed by atoms with E-state index in [-0.39, 0.29) is 17.0 Å². The zero-order chi connectivity index (χ0) is 12.4. The summed E-state index contributed by atoms with van der Waals surface area (Å²) in [4.78, 5) is 2.28. The zero-order valence-electron chi connectivity index (χ0n) is 12.6. The van der Waals surface area contributed by atoms with Crippen LogP contribution in [0.5, 0.6) is 0 Å². The van der Waals surface area contributed by atoms with E-state index in [1.54, 1.807) is 0 Å². The number of nitrogens with zero attached hydrogens (tertiary/aromatic N) is 2. The number of unbranched alkanes of at least 4 members (excludes halogenated alkanes) is 5. The Labute approximate surface area is 120 Å². The van der Waals surface area contributed by atoms with Crippen molar-refractivity contribution in [1.29, 1.82) is 0 Å². The van der Waals surface area contributed by atoms with Gasteiger partial charge < -0.3 is 26.4 Å². The van der Waals surface area contributed by atoms with Gasteiger partial charge in [-0.15, -0.1) is 0 Å². The van der Waals surface area contributed by atoms with Gasteiger partial charge in [0.15, 0.2) is 0 Å². The lowest BCUT2D eigenvalue weighted by atomic mass is 10.1. The Morgan fingerprint density at radius 1 is 0.824 bits per heavy atom. The van der Waals surface area contributed by atoms with E-state index >= 15 is 0 Å². The van der Waals surface area contributed by atoms with Gasteiger partial charge in [-0.25, -0.2) is 0 Å². The molecule has 0 radical (unpaired) electrons. The van der Waals surface area contributed by atoms with Crippen LogP contribution >= 0.6 is 0 Å². The molecule has 0 atom stereocenters. The minimum absolute atomic E-state index is 0. The van der Waals surface area contributed by atoms with Gasteiger partial charge in [-0.2, -0.15) is 0 Å². The van der Waals surface area contributed by atoms with Gasteiger partial charge in [-0.1, -0.05) is 32.6 Å². The zero-order valence-corrected chi connectivity index (χ0v) is 14.2. The second-order valence-electron chi connectivity index (χ2n) is 5.95. The molecule has 0 aliphatic heterocycles. The SMILES string of the molecule is CCCCCCCC[N+](C)(C)CCN(C)C.[Br-]. The number of likely N-dealkylation sites (N-methyl/N-ethyl adjacent to an activating group) is 2.